The lowest BCUT2D eigenvalue weighted by atomic mass is 9.88. The number of hydrogen-bond donors (Lipinski definition) is 1. The average molecular weight is 251 g/mol. The summed E-state index contributed by atoms with van der Waals surface area (Å²) in [6, 6.07) is 15.8. The van der Waals surface area contributed by atoms with Gasteiger partial charge in [-0.2, -0.15) is 0 Å². The standard InChI is InChI=1S/C17H17NO/c1-12-6-2-4-8-14(12)17(19)16-15-9-5-3-7-13(15)10-11-18-16/h2-9,16,18H,10-11H2,1H3. The number of rotatable bonds is 2. The molecule has 0 bridgehead atoms. The lowest BCUT2D eigenvalue weighted by Crippen LogP contribution is -2.35. The van der Waals surface area contributed by atoms with E-state index in [-0.39, 0.29) is 11.8 Å². The van der Waals surface area contributed by atoms with Crippen molar-refractivity contribution < 1.29 is 4.79 Å². The second kappa shape index (κ2) is 4.98. The van der Waals surface area contributed by atoms with Crippen molar-refractivity contribution in [2.24, 2.45) is 0 Å². The fraction of sp³-hybridized carbons (Fsp3) is 0.235. The van der Waals surface area contributed by atoms with Crippen LogP contribution in [0.1, 0.15) is 33.1 Å². The van der Waals surface area contributed by atoms with Crippen LogP contribution in [0.2, 0.25) is 0 Å². The number of aryl methyl sites for hydroxylation is 1. The number of carbonyl (C=O) groups excluding carboxylic acids is 1. The van der Waals surface area contributed by atoms with Crippen LogP contribution in [-0.2, 0) is 6.42 Å². The smallest absolute Gasteiger partial charge is 0.184 e. The molecule has 0 aliphatic carbocycles. The highest BCUT2D eigenvalue weighted by Gasteiger charge is 2.27. The Morgan fingerprint density at radius 1 is 1.11 bits per heavy atom. The van der Waals surface area contributed by atoms with Crippen molar-refractivity contribution in [3.8, 4) is 0 Å². The molecule has 2 aromatic carbocycles. The van der Waals surface area contributed by atoms with Crippen molar-refractivity contribution in [2.45, 2.75) is 19.4 Å². The molecule has 2 nitrogen and oxygen atoms in total. The Morgan fingerprint density at radius 3 is 2.68 bits per heavy atom. The zero-order valence-corrected chi connectivity index (χ0v) is 11.0. The van der Waals surface area contributed by atoms with Gasteiger partial charge in [-0.1, -0.05) is 48.5 Å². The molecule has 0 aromatic heterocycles. The number of Topliss-reactive ketones (excluding diaryl/α,β-unsaturated/α-hetero) is 1. The van der Waals surface area contributed by atoms with Crippen LogP contribution in [0.4, 0.5) is 0 Å². The first kappa shape index (κ1) is 12.1. The highest BCUT2D eigenvalue weighted by molar-refractivity contribution is 6.02. The maximum atomic E-state index is 12.7. The lowest BCUT2D eigenvalue weighted by molar-refractivity contribution is 0.0939. The summed E-state index contributed by atoms with van der Waals surface area (Å²) in [5.41, 5.74) is 4.27. The lowest BCUT2D eigenvalue weighted by Gasteiger charge is -2.26. The predicted molar refractivity (Wildman–Crippen MR) is 76.4 cm³/mol. The molecule has 19 heavy (non-hydrogen) atoms. The van der Waals surface area contributed by atoms with E-state index in [0.717, 1.165) is 29.7 Å². The Morgan fingerprint density at radius 2 is 1.84 bits per heavy atom. The quantitative estimate of drug-likeness (QED) is 0.831. The van der Waals surface area contributed by atoms with Crippen LogP contribution in [0, 0.1) is 6.92 Å². The topological polar surface area (TPSA) is 29.1 Å². The largest absolute Gasteiger partial charge is 0.303 e. The van der Waals surface area contributed by atoms with Gasteiger partial charge in [0.05, 0.1) is 6.04 Å². The van der Waals surface area contributed by atoms with Crippen LogP contribution in [0.3, 0.4) is 0 Å². The van der Waals surface area contributed by atoms with Crippen molar-refractivity contribution in [3.63, 3.8) is 0 Å². The first-order valence-electron chi connectivity index (χ1n) is 6.68. The van der Waals surface area contributed by atoms with Crippen LogP contribution in [0.15, 0.2) is 48.5 Å². The molecule has 1 unspecified atom stereocenters. The molecular weight excluding hydrogens is 234 g/mol. The fourth-order valence-electron chi connectivity index (χ4n) is 2.74. The summed E-state index contributed by atoms with van der Waals surface area (Å²) in [5.74, 6) is 0.172. The van der Waals surface area contributed by atoms with Crippen molar-refractivity contribution in [2.75, 3.05) is 6.54 Å². The van der Waals surface area contributed by atoms with E-state index in [1.807, 2.05) is 43.3 Å². The van der Waals surface area contributed by atoms with E-state index in [2.05, 4.69) is 17.4 Å². The van der Waals surface area contributed by atoms with E-state index in [4.69, 9.17) is 0 Å². The molecule has 0 amide bonds. The molecule has 0 spiro atoms. The monoisotopic (exact) mass is 251 g/mol. The van der Waals surface area contributed by atoms with Gasteiger partial charge in [-0.25, -0.2) is 0 Å². The van der Waals surface area contributed by atoms with Crippen molar-refractivity contribution >= 4 is 5.78 Å². The summed E-state index contributed by atoms with van der Waals surface area (Å²) in [6.45, 7) is 2.85. The minimum absolute atomic E-state index is 0.172. The Labute approximate surface area is 113 Å². The van der Waals surface area contributed by atoms with Gasteiger partial charge in [0.25, 0.3) is 0 Å². The van der Waals surface area contributed by atoms with Crippen LogP contribution in [0.5, 0.6) is 0 Å². The maximum absolute atomic E-state index is 12.7. The van der Waals surface area contributed by atoms with Gasteiger partial charge in [0.2, 0.25) is 0 Å². The minimum atomic E-state index is -0.203. The third kappa shape index (κ3) is 2.20. The van der Waals surface area contributed by atoms with Crippen molar-refractivity contribution in [3.05, 3.63) is 70.8 Å². The zero-order valence-electron chi connectivity index (χ0n) is 11.0. The highest BCUT2D eigenvalue weighted by atomic mass is 16.1. The highest BCUT2D eigenvalue weighted by Crippen LogP contribution is 2.26. The summed E-state index contributed by atoms with van der Waals surface area (Å²) in [7, 11) is 0. The maximum Gasteiger partial charge on any atom is 0.184 e. The van der Waals surface area contributed by atoms with Crippen LogP contribution >= 0.6 is 0 Å². The van der Waals surface area contributed by atoms with E-state index >= 15 is 0 Å². The number of ketones is 1. The third-order valence-electron chi connectivity index (χ3n) is 3.78. The fourth-order valence-corrected chi connectivity index (χ4v) is 2.74. The second-order valence-electron chi connectivity index (χ2n) is 5.02. The summed E-state index contributed by atoms with van der Waals surface area (Å²) in [6.07, 6.45) is 0.994. The van der Waals surface area contributed by atoms with Crippen LogP contribution in [-0.4, -0.2) is 12.3 Å². The SMILES string of the molecule is Cc1ccccc1C(=O)C1NCCc2ccccc21. The molecule has 0 radical (unpaired) electrons. The number of nitrogens with one attached hydrogen (secondary N) is 1. The molecule has 96 valence electrons. The Balaban J connectivity index is 2.00. The van der Waals surface area contributed by atoms with Crippen LogP contribution < -0.4 is 5.32 Å². The van der Waals surface area contributed by atoms with E-state index in [9.17, 15) is 4.79 Å². The number of carbonyl (C=O) groups is 1. The molecule has 0 fully saturated rings. The average Bonchev–Trinajstić information content (AvgIpc) is 2.46. The van der Waals surface area contributed by atoms with Gasteiger partial charge in [-0.3, -0.25) is 4.79 Å². The van der Waals surface area contributed by atoms with E-state index in [1.165, 1.54) is 5.56 Å². The molecular formula is C17H17NO. The molecule has 0 saturated carbocycles. The van der Waals surface area contributed by atoms with Crippen molar-refractivity contribution in [1.82, 2.24) is 5.32 Å². The molecule has 3 rings (SSSR count). The number of hydrogen-bond acceptors (Lipinski definition) is 2. The third-order valence-corrected chi connectivity index (χ3v) is 3.78. The minimum Gasteiger partial charge on any atom is -0.303 e. The van der Waals surface area contributed by atoms with E-state index in [0.29, 0.717) is 0 Å². The van der Waals surface area contributed by atoms with Gasteiger partial charge in [0, 0.05) is 12.1 Å². The molecule has 1 heterocycles. The molecule has 1 N–H and O–H groups in total. The summed E-state index contributed by atoms with van der Waals surface area (Å²) >= 11 is 0. The van der Waals surface area contributed by atoms with Crippen molar-refractivity contribution in [1.29, 1.82) is 0 Å². The molecule has 1 atom stereocenters. The summed E-state index contributed by atoms with van der Waals surface area (Å²) < 4.78 is 0. The Bertz CT molecular complexity index is 618. The first-order chi connectivity index (χ1) is 9.27. The first-order valence-corrected chi connectivity index (χ1v) is 6.68. The second-order valence-corrected chi connectivity index (χ2v) is 5.02. The van der Waals surface area contributed by atoms with Gasteiger partial charge in [0.15, 0.2) is 5.78 Å². The summed E-state index contributed by atoms with van der Waals surface area (Å²) in [4.78, 5) is 12.7. The molecule has 1 aliphatic heterocycles. The summed E-state index contributed by atoms with van der Waals surface area (Å²) in [5, 5.41) is 3.35. The Hall–Kier alpha value is -1.93. The van der Waals surface area contributed by atoms with Gasteiger partial charge in [0.1, 0.15) is 0 Å². The predicted octanol–water partition coefficient (Wildman–Crippen LogP) is 3.06. The van der Waals surface area contributed by atoms with Crippen LogP contribution in [0.25, 0.3) is 0 Å². The molecule has 2 heteroatoms. The van der Waals surface area contributed by atoms with Gasteiger partial charge >= 0.3 is 0 Å². The number of fused-ring (bicyclic) bond motifs is 1. The molecule has 1 aliphatic rings. The van der Waals surface area contributed by atoms with E-state index in [1.54, 1.807) is 0 Å². The Kier molecular flexibility index (Phi) is 3.18. The molecule has 2 aromatic rings. The normalized spacial score (nSPS) is 17.8. The molecule has 0 saturated heterocycles. The van der Waals surface area contributed by atoms with Gasteiger partial charge < -0.3 is 5.32 Å². The number of benzene rings is 2. The van der Waals surface area contributed by atoms with Gasteiger partial charge in [-0.05, 0) is 30.0 Å². The van der Waals surface area contributed by atoms with E-state index < -0.39 is 0 Å². The van der Waals surface area contributed by atoms with Gasteiger partial charge in [-0.15, -0.1) is 0 Å². The zero-order chi connectivity index (χ0) is 13.2.